The maximum absolute atomic E-state index is 5.68. The number of halogens is 1. The van der Waals surface area contributed by atoms with Gasteiger partial charge in [-0.3, -0.25) is 0 Å². The van der Waals surface area contributed by atoms with Crippen molar-refractivity contribution in [3.05, 3.63) is 23.7 Å². The van der Waals surface area contributed by atoms with Gasteiger partial charge in [0.2, 0.25) is 0 Å². The van der Waals surface area contributed by atoms with E-state index in [0.29, 0.717) is 6.04 Å². The molecule has 0 spiro atoms. The van der Waals surface area contributed by atoms with Crippen LogP contribution in [0.1, 0.15) is 19.8 Å². The molecule has 0 aliphatic heterocycles. The van der Waals surface area contributed by atoms with Crippen LogP contribution in [0.4, 0.5) is 5.82 Å². The minimum atomic E-state index is 0.414. The van der Waals surface area contributed by atoms with Gasteiger partial charge in [0, 0.05) is 28.2 Å². The predicted octanol–water partition coefficient (Wildman–Crippen LogP) is 4.12. The fourth-order valence-corrected chi connectivity index (χ4v) is 2.63. The number of thiophene rings is 1. The first kappa shape index (κ1) is 11.7. The Labute approximate surface area is 105 Å². The molecule has 2 nitrogen and oxygen atoms in total. The van der Waals surface area contributed by atoms with Gasteiger partial charge in [-0.2, -0.15) is 0 Å². The molecule has 2 rings (SSSR count). The third-order valence-electron chi connectivity index (χ3n) is 2.53. The van der Waals surface area contributed by atoms with Crippen molar-refractivity contribution in [2.24, 2.45) is 0 Å². The fourth-order valence-electron chi connectivity index (χ4n) is 1.70. The number of alkyl halides is 1. The van der Waals surface area contributed by atoms with Crippen molar-refractivity contribution in [2.75, 3.05) is 11.2 Å². The van der Waals surface area contributed by atoms with E-state index >= 15 is 0 Å². The van der Waals surface area contributed by atoms with Gasteiger partial charge in [-0.05, 0) is 37.3 Å². The highest BCUT2D eigenvalue weighted by atomic mass is 35.5. The number of pyridine rings is 1. The zero-order valence-electron chi connectivity index (χ0n) is 9.24. The van der Waals surface area contributed by atoms with Crippen LogP contribution in [-0.4, -0.2) is 16.9 Å². The van der Waals surface area contributed by atoms with Crippen molar-refractivity contribution in [1.82, 2.24) is 4.98 Å². The van der Waals surface area contributed by atoms with E-state index in [1.165, 1.54) is 10.1 Å². The van der Waals surface area contributed by atoms with E-state index in [4.69, 9.17) is 11.6 Å². The Morgan fingerprint density at radius 1 is 1.50 bits per heavy atom. The molecule has 1 unspecified atom stereocenters. The molecule has 0 saturated carbocycles. The summed E-state index contributed by atoms with van der Waals surface area (Å²) in [5.41, 5.74) is 0. The van der Waals surface area contributed by atoms with E-state index in [0.717, 1.165) is 24.5 Å². The molecule has 2 aromatic rings. The number of anilines is 1. The predicted molar refractivity (Wildman–Crippen MR) is 72.7 cm³/mol. The van der Waals surface area contributed by atoms with Crippen LogP contribution >= 0.6 is 22.9 Å². The van der Waals surface area contributed by atoms with Gasteiger partial charge in [-0.1, -0.05) is 0 Å². The molecule has 4 heteroatoms. The lowest BCUT2D eigenvalue weighted by atomic mass is 10.2. The molecule has 0 aliphatic carbocycles. The maximum atomic E-state index is 5.68. The minimum Gasteiger partial charge on any atom is -0.367 e. The quantitative estimate of drug-likeness (QED) is 0.812. The first-order valence-electron chi connectivity index (χ1n) is 5.46. The summed E-state index contributed by atoms with van der Waals surface area (Å²) in [5.74, 6) is 1.71. The molecule has 16 heavy (non-hydrogen) atoms. The summed E-state index contributed by atoms with van der Waals surface area (Å²) in [4.78, 5) is 4.39. The Balaban J connectivity index is 2.11. The highest BCUT2D eigenvalue weighted by Crippen LogP contribution is 2.26. The standard InChI is InChI=1S/C12H15ClN2S/c1-9(3-2-6-13)15-12-10-5-8-16-11(10)4-7-14-12/h4-5,7-9H,2-3,6H2,1H3,(H,14,15). The van der Waals surface area contributed by atoms with E-state index < -0.39 is 0 Å². The summed E-state index contributed by atoms with van der Waals surface area (Å²) >= 11 is 7.43. The summed E-state index contributed by atoms with van der Waals surface area (Å²) in [6, 6.07) is 4.58. The number of aromatic nitrogens is 1. The first-order valence-corrected chi connectivity index (χ1v) is 6.87. The van der Waals surface area contributed by atoms with Crippen LogP contribution in [0.25, 0.3) is 10.1 Å². The molecule has 0 saturated heterocycles. The van der Waals surface area contributed by atoms with Gasteiger partial charge >= 0.3 is 0 Å². The Kier molecular flexibility index (Phi) is 4.02. The molecule has 1 atom stereocenters. The molecule has 0 fully saturated rings. The lowest BCUT2D eigenvalue weighted by molar-refractivity contribution is 0.691. The Morgan fingerprint density at radius 2 is 2.38 bits per heavy atom. The van der Waals surface area contributed by atoms with Crippen molar-refractivity contribution in [1.29, 1.82) is 0 Å². The lowest BCUT2D eigenvalue weighted by Gasteiger charge is -2.14. The zero-order chi connectivity index (χ0) is 11.4. The van der Waals surface area contributed by atoms with Gasteiger partial charge in [0.25, 0.3) is 0 Å². The fraction of sp³-hybridized carbons (Fsp3) is 0.417. The van der Waals surface area contributed by atoms with Gasteiger partial charge in [0.05, 0.1) is 0 Å². The van der Waals surface area contributed by atoms with Gasteiger partial charge in [0.15, 0.2) is 0 Å². The second kappa shape index (κ2) is 5.51. The van der Waals surface area contributed by atoms with E-state index in [1.54, 1.807) is 11.3 Å². The number of nitrogens with zero attached hydrogens (tertiary/aromatic N) is 1. The maximum Gasteiger partial charge on any atom is 0.134 e. The third-order valence-corrected chi connectivity index (χ3v) is 3.68. The number of rotatable bonds is 5. The molecular formula is C12H15ClN2S. The molecule has 0 aliphatic rings. The Morgan fingerprint density at radius 3 is 3.19 bits per heavy atom. The van der Waals surface area contributed by atoms with Crippen molar-refractivity contribution < 1.29 is 0 Å². The first-order chi connectivity index (χ1) is 7.81. The second-order valence-corrected chi connectivity index (χ2v) is 5.19. The third kappa shape index (κ3) is 2.66. The number of fused-ring (bicyclic) bond motifs is 1. The van der Waals surface area contributed by atoms with E-state index in [2.05, 4.69) is 34.7 Å². The van der Waals surface area contributed by atoms with Crippen molar-refractivity contribution in [3.8, 4) is 0 Å². The molecule has 0 radical (unpaired) electrons. The average Bonchev–Trinajstić information content (AvgIpc) is 2.75. The summed E-state index contributed by atoms with van der Waals surface area (Å²) in [7, 11) is 0. The lowest BCUT2D eigenvalue weighted by Crippen LogP contribution is -2.16. The minimum absolute atomic E-state index is 0.414. The molecule has 0 amide bonds. The average molecular weight is 255 g/mol. The van der Waals surface area contributed by atoms with Gasteiger partial charge < -0.3 is 5.32 Å². The molecule has 2 aromatic heterocycles. The molecule has 0 aromatic carbocycles. The van der Waals surface area contributed by atoms with Crippen LogP contribution in [0.2, 0.25) is 0 Å². The van der Waals surface area contributed by atoms with Crippen LogP contribution in [0.3, 0.4) is 0 Å². The van der Waals surface area contributed by atoms with Gasteiger partial charge in [0.1, 0.15) is 5.82 Å². The van der Waals surface area contributed by atoms with Crippen molar-refractivity contribution in [2.45, 2.75) is 25.8 Å². The summed E-state index contributed by atoms with van der Waals surface area (Å²) < 4.78 is 1.28. The van der Waals surface area contributed by atoms with Gasteiger partial charge in [-0.25, -0.2) is 4.98 Å². The molecule has 86 valence electrons. The monoisotopic (exact) mass is 254 g/mol. The molecule has 1 N–H and O–H groups in total. The van der Waals surface area contributed by atoms with E-state index in [1.807, 2.05) is 6.20 Å². The van der Waals surface area contributed by atoms with E-state index in [-0.39, 0.29) is 0 Å². The summed E-state index contributed by atoms with van der Waals surface area (Å²) in [5, 5.41) is 6.75. The van der Waals surface area contributed by atoms with E-state index in [9.17, 15) is 0 Å². The smallest absolute Gasteiger partial charge is 0.134 e. The Hall–Kier alpha value is -0.800. The highest BCUT2D eigenvalue weighted by Gasteiger charge is 2.06. The highest BCUT2D eigenvalue weighted by molar-refractivity contribution is 7.17. The molecule has 2 heterocycles. The zero-order valence-corrected chi connectivity index (χ0v) is 10.8. The second-order valence-electron chi connectivity index (χ2n) is 3.87. The van der Waals surface area contributed by atoms with Crippen molar-refractivity contribution >= 4 is 38.8 Å². The number of hydrogen-bond acceptors (Lipinski definition) is 3. The largest absolute Gasteiger partial charge is 0.367 e. The van der Waals surface area contributed by atoms with Gasteiger partial charge in [-0.15, -0.1) is 22.9 Å². The van der Waals surface area contributed by atoms with Crippen LogP contribution in [0.15, 0.2) is 23.7 Å². The van der Waals surface area contributed by atoms with Crippen LogP contribution in [0.5, 0.6) is 0 Å². The molecular weight excluding hydrogens is 240 g/mol. The Bertz CT molecular complexity index is 455. The van der Waals surface area contributed by atoms with Crippen molar-refractivity contribution in [3.63, 3.8) is 0 Å². The number of hydrogen-bond donors (Lipinski definition) is 1. The topological polar surface area (TPSA) is 24.9 Å². The normalized spacial score (nSPS) is 12.9. The van der Waals surface area contributed by atoms with Crippen LogP contribution in [-0.2, 0) is 0 Å². The summed E-state index contributed by atoms with van der Waals surface area (Å²) in [6.45, 7) is 2.17. The molecule has 0 bridgehead atoms. The summed E-state index contributed by atoms with van der Waals surface area (Å²) in [6.07, 6.45) is 3.97. The SMILES string of the molecule is CC(CCCCl)Nc1nccc2sccc12. The number of nitrogens with one attached hydrogen (secondary N) is 1. The van der Waals surface area contributed by atoms with Crippen LogP contribution < -0.4 is 5.32 Å². The van der Waals surface area contributed by atoms with Crippen LogP contribution in [0, 0.1) is 0 Å².